The van der Waals surface area contributed by atoms with Crippen molar-refractivity contribution in [1.82, 2.24) is 4.98 Å². The Morgan fingerprint density at radius 1 is 1.12 bits per heavy atom. The summed E-state index contributed by atoms with van der Waals surface area (Å²) in [4.78, 5) is 9.54. The molecule has 1 unspecified atom stereocenters. The zero-order chi connectivity index (χ0) is 16.5. The number of hydrogen-bond acceptors (Lipinski definition) is 5. The Hall–Kier alpha value is -2.43. The van der Waals surface area contributed by atoms with E-state index < -0.39 is 0 Å². The molecular weight excluding hydrogens is 302 g/mol. The zero-order valence-electron chi connectivity index (χ0n) is 14.2. The lowest BCUT2D eigenvalue weighted by atomic mass is 10.1. The minimum Gasteiger partial charge on any atom is -0.496 e. The number of hydrogen-bond donors (Lipinski definition) is 0. The topological polar surface area (TPSA) is 37.8 Å². The van der Waals surface area contributed by atoms with E-state index in [9.17, 15) is 0 Å². The zero-order valence-corrected chi connectivity index (χ0v) is 14.2. The number of nitrogens with zero attached hydrogens (tertiary/aromatic N) is 3. The van der Waals surface area contributed by atoms with Crippen molar-refractivity contribution in [2.45, 2.75) is 25.4 Å². The highest BCUT2D eigenvalue weighted by molar-refractivity contribution is 5.71. The predicted molar refractivity (Wildman–Crippen MR) is 95.2 cm³/mol. The third-order valence-corrected chi connectivity index (χ3v) is 5.07. The van der Waals surface area contributed by atoms with Crippen molar-refractivity contribution in [1.29, 1.82) is 0 Å². The Morgan fingerprint density at radius 2 is 1.92 bits per heavy atom. The van der Waals surface area contributed by atoms with Crippen molar-refractivity contribution < 1.29 is 9.47 Å². The first-order valence-electron chi connectivity index (χ1n) is 8.48. The lowest BCUT2D eigenvalue weighted by Crippen LogP contribution is -2.45. The highest BCUT2D eigenvalue weighted by atomic mass is 16.5. The molecule has 2 aliphatic heterocycles. The summed E-state index contributed by atoms with van der Waals surface area (Å²) < 4.78 is 11.1. The second-order valence-electron chi connectivity index (χ2n) is 6.36. The Kier molecular flexibility index (Phi) is 3.92. The van der Waals surface area contributed by atoms with Crippen LogP contribution in [0, 0.1) is 0 Å². The van der Waals surface area contributed by atoms with Gasteiger partial charge in [-0.05, 0) is 37.1 Å². The third kappa shape index (κ3) is 2.44. The van der Waals surface area contributed by atoms with E-state index in [1.807, 2.05) is 30.5 Å². The molecule has 4 rings (SSSR count). The SMILES string of the molecule is COc1cccc(OC)c1CN1CC2CCCN2c2ncccc21. The summed E-state index contributed by atoms with van der Waals surface area (Å²) in [5.41, 5.74) is 2.28. The lowest BCUT2D eigenvalue weighted by molar-refractivity contribution is 0.384. The minimum absolute atomic E-state index is 0.549. The van der Waals surface area contributed by atoms with Crippen molar-refractivity contribution in [3.63, 3.8) is 0 Å². The first-order valence-corrected chi connectivity index (χ1v) is 8.48. The maximum Gasteiger partial charge on any atom is 0.152 e. The van der Waals surface area contributed by atoms with Gasteiger partial charge in [0.05, 0.1) is 32.0 Å². The van der Waals surface area contributed by atoms with Crippen molar-refractivity contribution in [2.75, 3.05) is 37.1 Å². The molecule has 0 spiro atoms. The molecule has 1 aromatic heterocycles. The van der Waals surface area contributed by atoms with Crippen LogP contribution in [0.5, 0.6) is 11.5 Å². The van der Waals surface area contributed by atoms with Gasteiger partial charge in [-0.2, -0.15) is 0 Å². The first kappa shape index (κ1) is 15.1. The summed E-state index contributed by atoms with van der Waals surface area (Å²) in [6.07, 6.45) is 4.36. The third-order valence-electron chi connectivity index (χ3n) is 5.07. The molecule has 1 saturated heterocycles. The van der Waals surface area contributed by atoms with Crippen molar-refractivity contribution >= 4 is 11.5 Å². The molecule has 126 valence electrons. The van der Waals surface area contributed by atoms with E-state index in [0.717, 1.165) is 42.5 Å². The fraction of sp³-hybridized carbons (Fsp3) is 0.421. The predicted octanol–water partition coefficient (Wildman–Crippen LogP) is 3.09. The van der Waals surface area contributed by atoms with Crippen LogP contribution < -0.4 is 19.3 Å². The van der Waals surface area contributed by atoms with Gasteiger partial charge in [-0.3, -0.25) is 0 Å². The standard InChI is InChI=1S/C19H23N3O2/c1-23-17-8-3-9-18(24-2)15(17)13-21-12-14-6-5-11-22(14)19-16(21)7-4-10-20-19/h3-4,7-10,14H,5-6,11-13H2,1-2H3. The van der Waals surface area contributed by atoms with Gasteiger partial charge >= 0.3 is 0 Å². The molecule has 2 aromatic rings. The van der Waals surface area contributed by atoms with E-state index >= 15 is 0 Å². The molecule has 0 radical (unpaired) electrons. The Labute approximate surface area is 142 Å². The average Bonchev–Trinajstić information content (AvgIpc) is 3.10. The molecule has 0 amide bonds. The van der Waals surface area contributed by atoms with Gasteiger partial charge in [-0.15, -0.1) is 0 Å². The van der Waals surface area contributed by atoms with E-state index in [2.05, 4.69) is 20.9 Å². The molecule has 24 heavy (non-hydrogen) atoms. The highest BCUT2D eigenvalue weighted by Gasteiger charge is 2.35. The summed E-state index contributed by atoms with van der Waals surface area (Å²) >= 11 is 0. The molecule has 1 aromatic carbocycles. The second kappa shape index (κ2) is 6.23. The lowest BCUT2D eigenvalue weighted by Gasteiger charge is -2.40. The van der Waals surface area contributed by atoms with E-state index in [4.69, 9.17) is 9.47 Å². The Balaban J connectivity index is 1.72. The van der Waals surface area contributed by atoms with Gasteiger partial charge in [0.15, 0.2) is 5.82 Å². The molecule has 3 heterocycles. The van der Waals surface area contributed by atoms with Gasteiger partial charge in [0.1, 0.15) is 11.5 Å². The van der Waals surface area contributed by atoms with Gasteiger partial charge in [0, 0.05) is 25.3 Å². The van der Waals surface area contributed by atoms with Crippen LogP contribution >= 0.6 is 0 Å². The first-order chi connectivity index (χ1) is 11.8. The molecule has 0 aliphatic carbocycles. The molecule has 1 atom stereocenters. The van der Waals surface area contributed by atoms with Crippen LogP contribution in [0.1, 0.15) is 18.4 Å². The molecule has 2 aliphatic rings. The van der Waals surface area contributed by atoms with E-state index in [-0.39, 0.29) is 0 Å². The number of pyridine rings is 1. The largest absolute Gasteiger partial charge is 0.496 e. The smallest absolute Gasteiger partial charge is 0.152 e. The minimum atomic E-state index is 0.549. The average molecular weight is 325 g/mol. The molecule has 1 fully saturated rings. The molecule has 5 nitrogen and oxygen atoms in total. The van der Waals surface area contributed by atoms with Crippen LogP contribution in [-0.4, -0.2) is 38.3 Å². The van der Waals surface area contributed by atoms with Gasteiger partial charge < -0.3 is 19.3 Å². The number of anilines is 2. The Morgan fingerprint density at radius 3 is 2.67 bits per heavy atom. The van der Waals surface area contributed by atoms with E-state index in [1.165, 1.54) is 18.5 Å². The van der Waals surface area contributed by atoms with Crippen LogP contribution in [0.25, 0.3) is 0 Å². The van der Waals surface area contributed by atoms with Gasteiger partial charge in [0.25, 0.3) is 0 Å². The second-order valence-corrected chi connectivity index (χ2v) is 6.36. The highest BCUT2D eigenvalue weighted by Crippen LogP contribution is 2.40. The van der Waals surface area contributed by atoms with Crippen molar-refractivity contribution in [3.05, 3.63) is 42.1 Å². The fourth-order valence-corrected chi connectivity index (χ4v) is 3.94. The fourth-order valence-electron chi connectivity index (χ4n) is 3.94. The molecule has 0 N–H and O–H groups in total. The van der Waals surface area contributed by atoms with Crippen LogP contribution in [0.4, 0.5) is 11.5 Å². The summed E-state index contributed by atoms with van der Waals surface area (Å²) in [5.74, 6) is 2.85. The number of methoxy groups -OCH3 is 2. The van der Waals surface area contributed by atoms with Gasteiger partial charge in [0.2, 0.25) is 0 Å². The normalized spacial score (nSPS) is 19.0. The van der Waals surface area contributed by atoms with Gasteiger partial charge in [-0.25, -0.2) is 4.98 Å². The molecule has 0 saturated carbocycles. The van der Waals surface area contributed by atoms with Crippen LogP contribution in [0.15, 0.2) is 36.5 Å². The van der Waals surface area contributed by atoms with Crippen LogP contribution in [0.3, 0.4) is 0 Å². The van der Waals surface area contributed by atoms with E-state index in [0.29, 0.717) is 6.04 Å². The van der Waals surface area contributed by atoms with Crippen molar-refractivity contribution in [3.8, 4) is 11.5 Å². The maximum absolute atomic E-state index is 5.57. The Bertz CT molecular complexity index is 712. The van der Waals surface area contributed by atoms with Gasteiger partial charge in [-0.1, -0.05) is 6.07 Å². The summed E-state index contributed by atoms with van der Waals surface area (Å²) in [7, 11) is 3.42. The number of benzene rings is 1. The summed E-state index contributed by atoms with van der Waals surface area (Å²) in [6.45, 7) is 2.89. The number of fused-ring (bicyclic) bond motifs is 3. The number of ether oxygens (including phenoxy) is 2. The summed E-state index contributed by atoms with van der Waals surface area (Å²) in [5, 5.41) is 0. The molecule has 0 bridgehead atoms. The van der Waals surface area contributed by atoms with E-state index in [1.54, 1.807) is 14.2 Å². The van der Waals surface area contributed by atoms with Crippen LogP contribution in [-0.2, 0) is 6.54 Å². The van der Waals surface area contributed by atoms with Crippen LogP contribution in [0.2, 0.25) is 0 Å². The maximum atomic E-state index is 5.57. The van der Waals surface area contributed by atoms with Crippen molar-refractivity contribution in [2.24, 2.45) is 0 Å². The molecule has 5 heteroatoms. The molecular formula is C19H23N3O2. The number of aromatic nitrogens is 1. The summed E-state index contributed by atoms with van der Waals surface area (Å²) in [6, 6.07) is 10.7. The monoisotopic (exact) mass is 325 g/mol. The quantitative estimate of drug-likeness (QED) is 0.863. The number of rotatable bonds is 4.